The minimum Gasteiger partial charge on any atom is -0.396 e. The van der Waals surface area contributed by atoms with Gasteiger partial charge in [-0.2, -0.15) is 31.3 Å². The lowest BCUT2D eigenvalue weighted by Gasteiger charge is -2.21. The van der Waals surface area contributed by atoms with E-state index in [-0.39, 0.29) is 43.4 Å². The Hall–Kier alpha value is -2.14. The summed E-state index contributed by atoms with van der Waals surface area (Å²) in [5, 5.41) is 12.4. The third-order valence-electron chi connectivity index (χ3n) is 3.33. The van der Waals surface area contributed by atoms with Gasteiger partial charge >= 0.3 is 12.4 Å². The second-order valence-corrected chi connectivity index (χ2v) is 5.49. The van der Waals surface area contributed by atoms with E-state index in [2.05, 4.69) is 10.1 Å². The molecule has 0 aliphatic rings. The van der Waals surface area contributed by atoms with Crippen LogP contribution in [0.5, 0.6) is 0 Å². The van der Waals surface area contributed by atoms with Crippen LogP contribution in [-0.4, -0.2) is 46.0 Å². The molecule has 2 aromatic rings. The molecule has 1 aromatic carbocycles. The third-order valence-corrected chi connectivity index (χ3v) is 3.33. The molecule has 2 rings (SSSR count). The Morgan fingerprint density at radius 3 is 2.23 bits per heavy atom. The van der Waals surface area contributed by atoms with Crippen LogP contribution in [0.3, 0.4) is 0 Å². The first kappa shape index (κ1) is 20.2. The van der Waals surface area contributed by atoms with Crippen LogP contribution >= 0.6 is 0 Å². The maximum absolute atomic E-state index is 12.6. The van der Waals surface area contributed by atoms with Crippen LogP contribution < -0.4 is 0 Å². The Kier molecular flexibility index (Phi) is 6.24. The molecule has 0 amide bonds. The van der Waals surface area contributed by atoms with Crippen LogP contribution in [-0.2, 0) is 12.7 Å². The molecule has 0 bridgehead atoms. The van der Waals surface area contributed by atoms with Gasteiger partial charge in [0, 0.05) is 18.7 Å². The Balaban J connectivity index is 2.09. The van der Waals surface area contributed by atoms with E-state index in [9.17, 15) is 26.3 Å². The van der Waals surface area contributed by atoms with Gasteiger partial charge in [-0.15, -0.1) is 0 Å². The van der Waals surface area contributed by atoms with E-state index >= 15 is 0 Å². The van der Waals surface area contributed by atoms with Crippen molar-refractivity contribution in [2.45, 2.75) is 25.3 Å². The highest BCUT2D eigenvalue weighted by molar-refractivity contribution is 5.54. The van der Waals surface area contributed by atoms with Gasteiger partial charge in [0.2, 0.25) is 11.7 Å². The van der Waals surface area contributed by atoms with Crippen molar-refractivity contribution in [1.29, 1.82) is 0 Å². The summed E-state index contributed by atoms with van der Waals surface area (Å²) < 4.78 is 80.2. The van der Waals surface area contributed by atoms with E-state index in [1.165, 1.54) is 0 Å². The van der Waals surface area contributed by atoms with E-state index in [4.69, 9.17) is 9.63 Å². The van der Waals surface area contributed by atoms with Crippen LogP contribution in [0.15, 0.2) is 28.8 Å². The van der Waals surface area contributed by atoms with Gasteiger partial charge < -0.3 is 9.63 Å². The summed E-state index contributed by atoms with van der Waals surface area (Å²) in [7, 11) is 0. The Labute approximate surface area is 144 Å². The molecule has 0 aliphatic heterocycles. The van der Waals surface area contributed by atoms with E-state index < -0.39 is 24.5 Å². The van der Waals surface area contributed by atoms with Gasteiger partial charge in [0.1, 0.15) is 0 Å². The molecule has 1 aromatic heterocycles. The predicted molar refractivity (Wildman–Crippen MR) is 77.8 cm³/mol. The molecule has 1 heterocycles. The normalized spacial score (nSPS) is 12.8. The molecule has 144 valence electrons. The van der Waals surface area contributed by atoms with Gasteiger partial charge in [0.05, 0.1) is 18.7 Å². The zero-order valence-corrected chi connectivity index (χ0v) is 13.3. The van der Waals surface area contributed by atoms with Crippen molar-refractivity contribution >= 4 is 0 Å². The fourth-order valence-corrected chi connectivity index (χ4v) is 2.20. The Morgan fingerprint density at radius 2 is 1.69 bits per heavy atom. The largest absolute Gasteiger partial charge is 0.416 e. The summed E-state index contributed by atoms with van der Waals surface area (Å²) in [5.74, 6) is -0.134. The molecule has 0 aliphatic carbocycles. The van der Waals surface area contributed by atoms with E-state index in [1.807, 2.05) is 0 Å². The summed E-state index contributed by atoms with van der Waals surface area (Å²) in [5.41, 5.74) is -0.601. The highest BCUT2D eigenvalue weighted by Gasteiger charge is 2.32. The molecule has 0 spiro atoms. The van der Waals surface area contributed by atoms with Gasteiger partial charge in [-0.05, 0) is 18.6 Å². The zero-order chi connectivity index (χ0) is 19.4. The number of nitrogens with zero attached hydrogens (tertiary/aromatic N) is 3. The summed E-state index contributed by atoms with van der Waals surface area (Å²) in [6.45, 7) is -1.82. The fraction of sp³-hybridized carbons (Fsp3) is 0.467. The van der Waals surface area contributed by atoms with Crippen LogP contribution in [0.1, 0.15) is 17.9 Å². The van der Waals surface area contributed by atoms with Gasteiger partial charge in [0.25, 0.3) is 0 Å². The minimum atomic E-state index is -4.48. The van der Waals surface area contributed by atoms with Crippen molar-refractivity contribution in [2.24, 2.45) is 0 Å². The van der Waals surface area contributed by atoms with Crippen molar-refractivity contribution in [3.05, 3.63) is 35.7 Å². The first-order valence-corrected chi connectivity index (χ1v) is 7.48. The number of hydrogen-bond acceptors (Lipinski definition) is 5. The number of hydrogen-bond donors (Lipinski definition) is 1. The smallest absolute Gasteiger partial charge is 0.396 e. The third kappa shape index (κ3) is 5.99. The molecular formula is C15H15F6N3O2. The fourth-order valence-electron chi connectivity index (χ4n) is 2.20. The van der Waals surface area contributed by atoms with Crippen LogP contribution in [0.2, 0.25) is 0 Å². The lowest BCUT2D eigenvalue weighted by Crippen LogP contribution is -2.35. The van der Waals surface area contributed by atoms with Crippen molar-refractivity contribution in [2.75, 3.05) is 19.7 Å². The Bertz CT molecular complexity index is 697. The van der Waals surface area contributed by atoms with Crippen LogP contribution in [0.25, 0.3) is 11.4 Å². The average molecular weight is 383 g/mol. The van der Waals surface area contributed by atoms with E-state index in [0.717, 1.165) is 29.2 Å². The lowest BCUT2D eigenvalue weighted by molar-refractivity contribution is -0.148. The molecule has 0 fully saturated rings. The number of alkyl halides is 6. The molecule has 0 unspecified atom stereocenters. The zero-order valence-electron chi connectivity index (χ0n) is 13.3. The van der Waals surface area contributed by atoms with Crippen molar-refractivity contribution in [3.8, 4) is 11.4 Å². The molecule has 26 heavy (non-hydrogen) atoms. The first-order valence-electron chi connectivity index (χ1n) is 7.48. The molecule has 0 atom stereocenters. The van der Waals surface area contributed by atoms with Crippen molar-refractivity contribution < 1.29 is 36.0 Å². The minimum absolute atomic E-state index is 0.0251. The molecule has 0 saturated heterocycles. The van der Waals surface area contributed by atoms with Crippen molar-refractivity contribution in [1.82, 2.24) is 15.0 Å². The quantitative estimate of drug-likeness (QED) is 0.742. The second kappa shape index (κ2) is 8.04. The average Bonchev–Trinajstić information content (AvgIpc) is 2.99. The van der Waals surface area contributed by atoms with Crippen molar-refractivity contribution in [3.63, 3.8) is 0 Å². The lowest BCUT2D eigenvalue weighted by atomic mass is 10.1. The first-order chi connectivity index (χ1) is 12.1. The number of aromatic nitrogens is 2. The summed E-state index contributed by atoms with van der Waals surface area (Å²) >= 11 is 0. The summed E-state index contributed by atoms with van der Waals surface area (Å²) in [4.78, 5) is 4.91. The summed E-state index contributed by atoms with van der Waals surface area (Å²) in [6, 6.07) is 4.00. The molecular weight excluding hydrogens is 368 g/mol. The number of aliphatic hydroxyl groups excluding tert-OH is 1. The number of halogens is 6. The van der Waals surface area contributed by atoms with Crippen LogP contribution in [0.4, 0.5) is 26.3 Å². The number of benzene rings is 1. The van der Waals surface area contributed by atoms with E-state index in [1.54, 1.807) is 0 Å². The standard InChI is InChI=1S/C15H15F6N3O2/c16-14(17,18)9-24(6-1-7-25)8-12-22-13(23-26-12)10-2-4-11(5-3-10)15(19,20)21/h2-5,25H,1,6-9H2. The Morgan fingerprint density at radius 1 is 1.04 bits per heavy atom. The van der Waals surface area contributed by atoms with Crippen LogP contribution in [0, 0.1) is 0 Å². The summed E-state index contributed by atoms with van der Waals surface area (Å²) in [6.07, 6.45) is -8.78. The highest BCUT2D eigenvalue weighted by Crippen LogP contribution is 2.30. The number of aliphatic hydroxyl groups is 1. The topological polar surface area (TPSA) is 62.4 Å². The van der Waals surface area contributed by atoms with Gasteiger partial charge in [0.15, 0.2) is 0 Å². The molecule has 5 nitrogen and oxygen atoms in total. The van der Waals surface area contributed by atoms with Gasteiger partial charge in [-0.1, -0.05) is 17.3 Å². The highest BCUT2D eigenvalue weighted by atomic mass is 19.4. The SMILES string of the molecule is OCCCN(Cc1nc(-c2ccc(C(F)(F)F)cc2)no1)CC(F)(F)F. The second-order valence-electron chi connectivity index (χ2n) is 5.49. The maximum Gasteiger partial charge on any atom is 0.416 e. The maximum atomic E-state index is 12.6. The molecule has 1 N–H and O–H groups in total. The monoisotopic (exact) mass is 383 g/mol. The van der Waals surface area contributed by atoms with Gasteiger partial charge in [-0.25, -0.2) is 0 Å². The number of rotatable bonds is 7. The molecule has 0 saturated carbocycles. The predicted octanol–water partition coefficient (Wildman–Crippen LogP) is 3.50. The van der Waals surface area contributed by atoms with Gasteiger partial charge in [-0.3, -0.25) is 4.90 Å². The van der Waals surface area contributed by atoms with E-state index in [0.29, 0.717) is 0 Å². The molecule has 11 heteroatoms. The molecule has 0 radical (unpaired) electrons.